The molecule has 0 heterocycles. The molecule has 2 N–H and O–H groups in total. The maximum Gasteiger partial charge on any atom is 0.183 e. The Labute approximate surface area is 129 Å². The van der Waals surface area contributed by atoms with Crippen LogP contribution in [0.1, 0.15) is 11.1 Å². The SMILES string of the molecule is Cc1c(N)cccc1S(=O)(=O)Cc1c(F)ccc(Br)c1F. The normalized spacial score (nSPS) is 11.6. The molecule has 0 saturated carbocycles. The third kappa shape index (κ3) is 3.08. The Balaban J connectivity index is 2.53. The zero-order valence-corrected chi connectivity index (χ0v) is 13.4. The van der Waals surface area contributed by atoms with E-state index in [-0.39, 0.29) is 9.37 Å². The molecule has 0 aromatic heterocycles. The smallest absolute Gasteiger partial charge is 0.183 e. The first-order valence-electron chi connectivity index (χ1n) is 5.94. The summed E-state index contributed by atoms with van der Waals surface area (Å²) in [5.41, 5.74) is 5.86. The molecule has 0 saturated heterocycles. The topological polar surface area (TPSA) is 60.2 Å². The number of nitrogens with two attached hydrogens (primary N) is 1. The van der Waals surface area contributed by atoms with Crippen molar-refractivity contribution in [1.29, 1.82) is 0 Å². The molecule has 7 heteroatoms. The van der Waals surface area contributed by atoms with Gasteiger partial charge < -0.3 is 5.73 Å². The lowest BCUT2D eigenvalue weighted by Crippen LogP contribution is -2.11. The van der Waals surface area contributed by atoms with E-state index >= 15 is 0 Å². The molecule has 0 aliphatic rings. The zero-order valence-electron chi connectivity index (χ0n) is 11.0. The molecule has 0 fully saturated rings. The fourth-order valence-corrected chi connectivity index (χ4v) is 3.98. The third-order valence-corrected chi connectivity index (χ3v) is 5.53. The minimum absolute atomic E-state index is 0.0124. The van der Waals surface area contributed by atoms with Gasteiger partial charge in [0.05, 0.1) is 15.1 Å². The van der Waals surface area contributed by atoms with Crippen LogP contribution < -0.4 is 5.73 Å². The highest BCUT2D eigenvalue weighted by molar-refractivity contribution is 9.10. The molecule has 2 aromatic rings. The van der Waals surface area contributed by atoms with Gasteiger partial charge in [-0.1, -0.05) is 6.07 Å². The molecule has 0 unspecified atom stereocenters. The molecular formula is C14H12BrF2NO2S. The molecule has 0 bridgehead atoms. The number of sulfone groups is 1. The summed E-state index contributed by atoms with van der Waals surface area (Å²) in [5.74, 6) is -2.59. The molecule has 2 rings (SSSR count). The van der Waals surface area contributed by atoms with Gasteiger partial charge in [-0.2, -0.15) is 0 Å². The maximum absolute atomic E-state index is 13.9. The van der Waals surface area contributed by atoms with Crippen LogP contribution in [0, 0.1) is 18.6 Å². The van der Waals surface area contributed by atoms with Crippen LogP contribution in [0.3, 0.4) is 0 Å². The number of rotatable bonds is 3. The van der Waals surface area contributed by atoms with Crippen molar-refractivity contribution in [1.82, 2.24) is 0 Å². The summed E-state index contributed by atoms with van der Waals surface area (Å²) in [5, 5.41) is 0. The van der Waals surface area contributed by atoms with Crippen LogP contribution in [0.2, 0.25) is 0 Å². The largest absolute Gasteiger partial charge is 0.398 e. The number of hydrogen-bond acceptors (Lipinski definition) is 3. The van der Waals surface area contributed by atoms with Crippen molar-refractivity contribution in [3.8, 4) is 0 Å². The van der Waals surface area contributed by atoms with E-state index in [1.807, 2.05) is 0 Å². The molecule has 0 radical (unpaired) electrons. The monoisotopic (exact) mass is 375 g/mol. The van der Waals surface area contributed by atoms with Gasteiger partial charge in [0, 0.05) is 11.3 Å². The number of benzene rings is 2. The second-order valence-corrected chi connectivity index (χ2v) is 7.36. The van der Waals surface area contributed by atoms with Gasteiger partial charge in [-0.3, -0.25) is 0 Å². The highest BCUT2D eigenvalue weighted by Gasteiger charge is 2.23. The Kier molecular flexibility index (Phi) is 4.34. The molecule has 112 valence electrons. The summed E-state index contributed by atoms with van der Waals surface area (Å²) >= 11 is 2.91. The van der Waals surface area contributed by atoms with Crippen molar-refractivity contribution in [2.45, 2.75) is 17.6 Å². The summed E-state index contributed by atoms with van der Waals surface area (Å²) in [6.07, 6.45) is 0. The van der Waals surface area contributed by atoms with E-state index in [4.69, 9.17) is 5.73 Å². The standard InChI is InChI=1S/C14H12BrF2NO2S/c1-8-12(18)3-2-4-13(8)21(19,20)7-9-11(16)6-5-10(15)14(9)17/h2-6H,7,18H2,1H3. The predicted molar refractivity (Wildman–Crippen MR) is 80.5 cm³/mol. The van der Waals surface area contributed by atoms with Gasteiger partial charge in [0.25, 0.3) is 0 Å². The van der Waals surface area contributed by atoms with Gasteiger partial charge in [-0.25, -0.2) is 17.2 Å². The lowest BCUT2D eigenvalue weighted by Gasteiger charge is -2.11. The minimum Gasteiger partial charge on any atom is -0.398 e. The van der Waals surface area contributed by atoms with Crippen molar-refractivity contribution < 1.29 is 17.2 Å². The van der Waals surface area contributed by atoms with Crippen LogP contribution in [0.25, 0.3) is 0 Å². The first-order chi connectivity index (χ1) is 9.74. The molecule has 0 spiro atoms. The second kappa shape index (κ2) is 5.73. The van der Waals surface area contributed by atoms with Gasteiger partial charge >= 0.3 is 0 Å². The molecular weight excluding hydrogens is 364 g/mol. The van der Waals surface area contributed by atoms with Crippen LogP contribution in [0.15, 0.2) is 39.7 Å². The van der Waals surface area contributed by atoms with Crippen LogP contribution in [-0.2, 0) is 15.6 Å². The highest BCUT2D eigenvalue weighted by atomic mass is 79.9. The fraction of sp³-hybridized carbons (Fsp3) is 0.143. The van der Waals surface area contributed by atoms with Gasteiger partial charge in [-0.15, -0.1) is 0 Å². The third-order valence-electron chi connectivity index (χ3n) is 3.13. The lowest BCUT2D eigenvalue weighted by atomic mass is 10.2. The quantitative estimate of drug-likeness (QED) is 0.658. The summed E-state index contributed by atoms with van der Waals surface area (Å²) in [7, 11) is -3.91. The number of nitrogen functional groups attached to an aromatic ring is 1. The first-order valence-corrected chi connectivity index (χ1v) is 8.39. The molecule has 2 aromatic carbocycles. The van der Waals surface area contributed by atoms with E-state index in [9.17, 15) is 17.2 Å². The summed E-state index contributed by atoms with van der Waals surface area (Å²) in [6, 6.07) is 6.63. The molecule has 0 aliphatic carbocycles. The number of anilines is 1. The molecule has 0 amide bonds. The van der Waals surface area contributed by atoms with Crippen molar-refractivity contribution in [3.05, 3.63) is 57.6 Å². The van der Waals surface area contributed by atoms with Gasteiger partial charge in [0.15, 0.2) is 9.84 Å². The van der Waals surface area contributed by atoms with E-state index in [2.05, 4.69) is 15.9 Å². The van der Waals surface area contributed by atoms with Crippen molar-refractivity contribution in [3.63, 3.8) is 0 Å². The Morgan fingerprint density at radius 3 is 2.52 bits per heavy atom. The van der Waals surface area contributed by atoms with E-state index in [0.717, 1.165) is 6.07 Å². The predicted octanol–water partition coefficient (Wildman–Crippen LogP) is 3.59. The fourth-order valence-electron chi connectivity index (χ4n) is 1.94. The highest BCUT2D eigenvalue weighted by Crippen LogP contribution is 2.28. The second-order valence-electron chi connectivity index (χ2n) is 4.55. The van der Waals surface area contributed by atoms with E-state index < -0.39 is 32.8 Å². The summed E-state index contributed by atoms with van der Waals surface area (Å²) in [6.45, 7) is 1.55. The summed E-state index contributed by atoms with van der Waals surface area (Å²) < 4.78 is 52.4. The molecule has 0 aliphatic heterocycles. The van der Waals surface area contributed by atoms with Gasteiger partial charge in [-0.05, 0) is 52.7 Å². The van der Waals surface area contributed by atoms with Gasteiger partial charge in [0.1, 0.15) is 11.6 Å². The van der Waals surface area contributed by atoms with Gasteiger partial charge in [0.2, 0.25) is 0 Å². The maximum atomic E-state index is 13.9. The van der Waals surface area contributed by atoms with Crippen LogP contribution in [0.5, 0.6) is 0 Å². The Bertz CT molecular complexity index is 807. The van der Waals surface area contributed by atoms with E-state index in [1.165, 1.54) is 18.2 Å². The zero-order chi connectivity index (χ0) is 15.8. The molecule has 3 nitrogen and oxygen atoms in total. The first kappa shape index (κ1) is 15.9. The average molecular weight is 376 g/mol. The molecule has 0 atom stereocenters. The molecule has 21 heavy (non-hydrogen) atoms. The van der Waals surface area contributed by atoms with Crippen LogP contribution >= 0.6 is 15.9 Å². The Morgan fingerprint density at radius 1 is 1.19 bits per heavy atom. The van der Waals surface area contributed by atoms with E-state index in [0.29, 0.717) is 11.3 Å². The number of halogens is 3. The Morgan fingerprint density at radius 2 is 1.86 bits per heavy atom. The Hall–Kier alpha value is -1.47. The summed E-state index contributed by atoms with van der Waals surface area (Å²) in [4.78, 5) is -0.0266. The van der Waals surface area contributed by atoms with Crippen molar-refractivity contribution in [2.75, 3.05) is 5.73 Å². The van der Waals surface area contributed by atoms with Crippen LogP contribution in [-0.4, -0.2) is 8.42 Å². The van der Waals surface area contributed by atoms with Crippen LogP contribution in [0.4, 0.5) is 14.5 Å². The minimum atomic E-state index is -3.91. The van der Waals surface area contributed by atoms with Crippen molar-refractivity contribution >= 4 is 31.5 Å². The lowest BCUT2D eigenvalue weighted by molar-refractivity contribution is 0.552. The average Bonchev–Trinajstić information content (AvgIpc) is 2.42. The van der Waals surface area contributed by atoms with Crippen molar-refractivity contribution in [2.24, 2.45) is 0 Å². The number of hydrogen-bond donors (Lipinski definition) is 1. The van der Waals surface area contributed by atoms with E-state index in [1.54, 1.807) is 13.0 Å².